The first kappa shape index (κ1) is 19.5. The van der Waals surface area contributed by atoms with Gasteiger partial charge in [0.15, 0.2) is 0 Å². The normalized spacial score (nSPS) is 21.3. The van der Waals surface area contributed by atoms with Gasteiger partial charge in [-0.1, -0.05) is 31.4 Å². The van der Waals surface area contributed by atoms with Crippen molar-refractivity contribution in [1.29, 1.82) is 0 Å². The standard InChI is InChI=1S/C19H23F3N2O3/c20-19(21,22)16-9-5-4-8-15(16)17(25)24(13-6-2-1-3-7-13)14-10-11-23(12-14)18(26)27/h4-5,8-9,13-14H,1-3,6-7,10-12H2,(H,26,27)/t14-/m0/s1. The maximum Gasteiger partial charge on any atom is 0.417 e. The first-order valence-electron chi connectivity index (χ1n) is 9.26. The summed E-state index contributed by atoms with van der Waals surface area (Å²) in [4.78, 5) is 27.3. The van der Waals surface area contributed by atoms with Crippen molar-refractivity contribution in [1.82, 2.24) is 9.80 Å². The number of carboxylic acid groups (broad SMARTS) is 1. The van der Waals surface area contributed by atoms with Gasteiger partial charge in [0.1, 0.15) is 0 Å². The quantitative estimate of drug-likeness (QED) is 0.848. The van der Waals surface area contributed by atoms with Crippen LogP contribution in [-0.4, -0.2) is 52.1 Å². The molecule has 8 heteroatoms. The predicted octanol–water partition coefficient (Wildman–Crippen LogP) is 4.23. The summed E-state index contributed by atoms with van der Waals surface area (Å²) < 4.78 is 40.2. The number of hydrogen-bond donors (Lipinski definition) is 1. The van der Waals surface area contributed by atoms with E-state index < -0.39 is 29.8 Å². The van der Waals surface area contributed by atoms with E-state index in [4.69, 9.17) is 0 Å². The molecule has 3 rings (SSSR count). The number of benzene rings is 1. The molecule has 1 aromatic rings. The summed E-state index contributed by atoms with van der Waals surface area (Å²) in [6.07, 6.45) is -0.869. The predicted molar refractivity (Wildman–Crippen MR) is 92.5 cm³/mol. The number of hydrogen-bond acceptors (Lipinski definition) is 2. The van der Waals surface area contributed by atoms with Crippen molar-refractivity contribution in [2.45, 2.75) is 56.8 Å². The lowest BCUT2D eigenvalue weighted by molar-refractivity contribution is -0.138. The molecule has 0 bridgehead atoms. The van der Waals surface area contributed by atoms with E-state index >= 15 is 0 Å². The van der Waals surface area contributed by atoms with Crippen molar-refractivity contribution in [2.24, 2.45) is 0 Å². The smallest absolute Gasteiger partial charge is 0.417 e. The molecule has 0 aromatic heterocycles. The minimum Gasteiger partial charge on any atom is -0.465 e. The Balaban J connectivity index is 1.94. The Bertz CT molecular complexity index is 702. The van der Waals surface area contributed by atoms with Crippen molar-refractivity contribution in [3.63, 3.8) is 0 Å². The summed E-state index contributed by atoms with van der Waals surface area (Å²) in [5.74, 6) is -0.646. The van der Waals surface area contributed by atoms with Crippen molar-refractivity contribution >= 4 is 12.0 Å². The lowest BCUT2D eigenvalue weighted by Gasteiger charge is -2.39. The first-order chi connectivity index (χ1) is 12.8. The van der Waals surface area contributed by atoms with Gasteiger partial charge >= 0.3 is 12.3 Å². The van der Waals surface area contributed by atoms with E-state index in [0.29, 0.717) is 6.42 Å². The molecule has 1 saturated carbocycles. The van der Waals surface area contributed by atoms with Gasteiger partial charge in [-0.2, -0.15) is 13.2 Å². The molecule has 1 saturated heterocycles. The summed E-state index contributed by atoms with van der Waals surface area (Å²) in [6, 6.07) is 4.30. The van der Waals surface area contributed by atoms with Crippen LogP contribution < -0.4 is 0 Å². The molecule has 1 aliphatic heterocycles. The highest BCUT2D eigenvalue weighted by Crippen LogP contribution is 2.35. The number of carbonyl (C=O) groups excluding carboxylic acids is 1. The zero-order chi connectivity index (χ0) is 19.6. The van der Waals surface area contributed by atoms with E-state index in [1.165, 1.54) is 23.1 Å². The van der Waals surface area contributed by atoms with Crippen LogP contribution in [0.3, 0.4) is 0 Å². The summed E-state index contributed by atoms with van der Waals surface area (Å²) in [5, 5.41) is 9.20. The van der Waals surface area contributed by atoms with Crippen LogP contribution in [0.2, 0.25) is 0 Å². The maximum absolute atomic E-state index is 13.4. The highest BCUT2D eigenvalue weighted by molar-refractivity contribution is 5.96. The van der Waals surface area contributed by atoms with Crippen LogP contribution >= 0.6 is 0 Å². The number of nitrogens with zero attached hydrogens (tertiary/aromatic N) is 2. The molecule has 1 N–H and O–H groups in total. The topological polar surface area (TPSA) is 60.9 Å². The monoisotopic (exact) mass is 384 g/mol. The van der Waals surface area contributed by atoms with Crippen LogP contribution in [0.1, 0.15) is 54.4 Å². The molecular weight excluding hydrogens is 361 g/mol. The minimum absolute atomic E-state index is 0.145. The second kappa shape index (κ2) is 7.78. The van der Waals surface area contributed by atoms with Gasteiger partial charge in [0.2, 0.25) is 0 Å². The van der Waals surface area contributed by atoms with Crippen molar-refractivity contribution in [3.8, 4) is 0 Å². The molecule has 2 amide bonds. The number of likely N-dealkylation sites (tertiary alicyclic amines) is 1. The Morgan fingerprint density at radius 2 is 1.70 bits per heavy atom. The van der Waals surface area contributed by atoms with E-state index in [-0.39, 0.29) is 24.7 Å². The van der Waals surface area contributed by atoms with Crippen molar-refractivity contribution in [2.75, 3.05) is 13.1 Å². The fraction of sp³-hybridized carbons (Fsp3) is 0.579. The van der Waals surface area contributed by atoms with Gasteiger partial charge in [-0.3, -0.25) is 4.79 Å². The molecule has 1 atom stereocenters. The molecule has 148 valence electrons. The maximum atomic E-state index is 13.4. The average Bonchev–Trinajstić information content (AvgIpc) is 3.12. The third-order valence-corrected chi connectivity index (χ3v) is 5.49. The Morgan fingerprint density at radius 1 is 1.04 bits per heavy atom. The number of halogens is 3. The van der Waals surface area contributed by atoms with Gasteiger partial charge in [-0.05, 0) is 31.4 Å². The zero-order valence-electron chi connectivity index (χ0n) is 14.9. The van der Waals surface area contributed by atoms with Gasteiger partial charge in [0.25, 0.3) is 5.91 Å². The summed E-state index contributed by atoms with van der Waals surface area (Å²) in [7, 11) is 0. The van der Waals surface area contributed by atoms with E-state index in [0.717, 1.165) is 38.2 Å². The van der Waals surface area contributed by atoms with E-state index in [9.17, 15) is 27.9 Å². The third-order valence-electron chi connectivity index (χ3n) is 5.49. The molecule has 1 aliphatic carbocycles. The molecular formula is C19H23F3N2O3. The van der Waals surface area contributed by atoms with Crippen LogP contribution in [0.5, 0.6) is 0 Å². The molecule has 0 radical (unpaired) electrons. The van der Waals surface area contributed by atoms with Gasteiger partial charge in [-0.15, -0.1) is 0 Å². The number of amides is 2. The molecule has 1 heterocycles. The Morgan fingerprint density at radius 3 is 2.30 bits per heavy atom. The van der Waals surface area contributed by atoms with Crippen LogP contribution in [0, 0.1) is 0 Å². The first-order valence-corrected chi connectivity index (χ1v) is 9.26. The SMILES string of the molecule is O=C(O)N1CC[C@H](N(C(=O)c2ccccc2C(F)(F)F)C2CCCCC2)C1. The molecule has 27 heavy (non-hydrogen) atoms. The second-order valence-corrected chi connectivity index (χ2v) is 7.22. The molecule has 1 aromatic carbocycles. The van der Waals surface area contributed by atoms with Crippen LogP contribution in [-0.2, 0) is 6.18 Å². The fourth-order valence-electron chi connectivity index (χ4n) is 4.19. The summed E-state index contributed by atoms with van der Waals surface area (Å²) in [5.41, 5.74) is -1.30. The molecule has 5 nitrogen and oxygen atoms in total. The highest BCUT2D eigenvalue weighted by atomic mass is 19.4. The number of alkyl halides is 3. The zero-order valence-corrected chi connectivity index (χ0v) is 14.9. The highest BCUT2D eigenvalue weighted by Gasteiger charge is 2.41. The Hall–Kier alpha value is -2.25. The minimum atomic E-state index is -4.62. The third kappa shape index (κ3) is 4.20. The van der Waals surface area contributed by atoms with Crippen molar-refractivity contribution < 1.29 is 27.9 Å². The largest absolute Gasteiger partial charge is 0.465 e. The fourth-order valence-corrected chi connectivity index (χ4v) is 4.19. The van der Waals surface area contributed by atoms with Gasteiger partial charge in [0, 0.05) is 19.1 Å². The van der Waals surface area contributed by atoms with E-state index in [2.05, 4.69) is 0 Å². The van der Waals surface area contributed by atoms with Crippen molar-refractivity contribution in [3.05, 3.63) is 35.4 Å². The molecule has 0 unspecified atom stereocenters. The summed E-state index contributed by atoms with van der Waals surface area (Å²) >= 11 is 0. The number of rotatable bonds is 3. The van der Waals surface area contributed by atoms with Gasteiger partial charge < -0.3 is 14.9 Å². The molecule has 0 spiro atoms. The molecule has 2 fully saturated rings. The Kier molecular flexibility index (Phi) is 5.62. The Labute approximate surface area is 155 Å². The van der Waals surface area contributed by atoms with E-state index in [1.54, 1.807) is 4.90 Å². The lowest BCUT2D eigenvalue weighted by atomic mass is 9.91. The van der Waals surface area contributed by atoms with Crippen LogP contribution in [0.4, 0.5) is 18.0 Å². The van der Waals surface area contributed by atoms with E-state index in [1.807, 2.05) is 0 Å². The van der Waals surface area contributed by atoms with Crippen LogP contribution in [0.15, 0.2) is 24.3 Å². The molecule has 2 aliphatic rings. The average molecular weight is 384 g/mol. The summed E-state index contributed by atoms with van der Waals surface area (Å²) in [6.45, 7) is 0.434. The van der Waals surface area contributed by atoms with Gasteiger partial charge in [-0.25, -0.2) is 4.79 Å². The van der Waals surface area contributed by atoms with Crippen LogP contribution in [0.25, 0.3) is 0 Å². The number of carbonyl (C=O) groups is 2. The second-order valence-electron chi connectivity index (χ2n) is 7.22. The van der Waals surface area contributed by atoms with Gasteiger partial charge in [0.05, 0.1) is 17.2 Å². The lowest BCUT2D eigenvalue weighted by Crippen LogP contribution is -2.49.